The van der Waals surface area contributed by atoms with E-state index in [-0.39, 0.29) is 24.7 Å². The molecule has 0 fully saturated rings. The molecule has 12 heteroatoms. The van der Waals surface area contributed by atoms with Crippen molar-refractivity contribution in [1.29, 1.82) is 0 Å². The average Bonchev–Trinajstić information content (AvgIpc) is 2.94. The molecule has 2 aromatic rings. The summed E-state index contributed by atoms with van der Waals surface area (Å²) in [4.78, 5) is 24.2. The maximum Gasteiger partial charge on any atom is 0.240 e. The average molecular weight is 531 g/mol. The Morgan fingerprint density at radius 2 is 0.895 bits per heavy atom. The monoisotopic (exact) mass is 530 g/mol. The first kappa shape index (κ1) is 29.7. The van der Waals surface area contributed by atoms with Gasteiger partial charge in [-0.2, -0.15) is 10.2 Å². The van der Waals surface area contributed by atoms with Crippen molar-refractivity contribution in [2.45, 2.75) is 25.7 Å². The van der Waals surface area contributed by atoms with Crippen LogP contribution in [0.5, 0.6) is 34.5 Å². The van der Waals surface area contributed by atoms with Crippen molar-refractivity contribution in [1.82, 2.24) is 10.9 Å². The number of ether oxygens (including phenoxy) is 6. The quantitative estimate of drug-likeness (QED) is 0.204. The van der Waals surface area contributed by atoms with Gasteiger partial charge in [0.05, 0.1) is 55.1 Å². The van der Waals surface area contributed by atoms with Gasteiger partial charge in [0.1, 0.15) is 11.5 Å². The van der Waals surface area contributed by atoms with Gasteiger partial charge in [-0.25, -0.2) is 10.9 Å². The van der Waals surface area contributed by atoms with Crippen molar-refractivity contribution < 1.29 is 38.0 Å². The summed E-state index contributed by atoms with van der Waals surface area (Å²) in [7, 11) is 9.14. The smallest absolute Gasteiger partial charge is 0.240 e. The molecule has 0 atom stereocenters. The molecule has 2 N–H and O–H groups in total. The number of hydrogen-bond donors (Lipinski definition) is 2. The number of carbonyl (C=O) groups is 2. The van der Waals surface area contributed by atoms with E-state index in [0.29, 0.717) is 58.5 Å². The van der Waals surface area contributed by atoms with E-state index in [4.69, 9.17) is 28.4 Å². The second-order valence-corrected chi connectivity index (χ2v) is 7.69. The highest BCUT2D eigenvalue weighted by molar-refractivity contribution is 5.87. The molecular weight excluding hydrogens is 496 g/mol. The van der Waals surface area contributed by atoms with E-state index in [1.165, 1.54) is 55.1 Å². The molecule has 0 radical (unpaired) electrons. The predicted molar refractivity (Wildman–Crippen MR) is 142 cm³/mol. The molecule has 0 bridgehead atoms. The lowest BCUT2D eigenvalue weighted by Gasteiger charge is -2.11. The number of rotatable bonds is 15. The minimum atomic E-state index is -0.278. The van der Waals surface area contributed by atoms with Crippen molar-refractivity contribution >= 4 is 24.2 Å². The van der Waals surface area contributed by atoms with Gasteiger partial charge in [0.25, 0.3) is 0 Å². The van der Waals surface area contributed by atoms with Crippen molar-refractivity contribution in [3.63, 3.8) is 0 Å². The Hall–Kier alpha value is -4.48. The summed E-state index contributed by atoms with van der Waals surface area (Å²) in [6.07, 6.45) is 4.33. The van der Waals surface area contributed by atoms with E-state index >= 15 is 0 Å². The summed E-state index contributed by atoms with van der Waals surface area (Å²) < 4.78 is 31.7. The van der Waals surface area contributed by atoms with Gasteiger partial charge in [-0.05, 0) is 25.0 Å². The van der Waals surface area contributed by atoms with Crippen LogP contribution >= 0.6 is 0 Å². The van der Waals surface area contributed by atoms with E-state index in [9.17, 15) is 9.59 Å². The normalized spacial score (nSPS) is 10.8. The standard InChI is InChI=1S/C26H34N4O8/c1-33-19-13-23(37-5)21(35-3)11-17(19)15-27-29-25(31)9-7-8-10-26(32)30-28-16-18-12-22(36-4)24(38-6)14-20(18)34-2/h11-16H,7-10H2,1-6H3,(H,29,31)(H,30,32). The molecule has 0 aromatic heterocycles. The Balaban J connectivity index is 1.78. The van der Waals surface area contributed by atoms with Gasteiger partial charge in [-0.15, -0.1) is 0 Å². The third kappa shape index (κ3) is 8.57. The third-order valence-corrected chi connectivity index (χ3v) is 5.32. The highest BCUT2D eigenvalue weighted by atomic mass is 16.5. The molecule has 0 heterocycles. The zero-order chi connectivity index (χ0) is 27.9. The van der Waals surface area contributed by atoms with Gasteiger partial charge in [0.15, 0.2) is 23.0 Å². The molecule has 0 aliphatic rings. The third-order valence-electron chi connectivity index (χ3n) is 5.32. The number of amides is 2. The van der Waals surface area contributed by atoms with Crippen molar-refractivity contribution in [3.8, 4) is 34.5 Å². The van der Waals surface area contributed by atoms with Gasteiger partial charge >= 0.3 is 0 Å². The van der Waals surface area contributed by atoms with Crippen molar-refractivity contribution in [2.75, 3.05) is 42.7 Å². The number of carbonyl (C=O) groups excluding carboxylic acids is 2. The lowest BCUT2D eigenvalue weighted by atomic mass is 10.2. The van der Waals surface area contributed by atoms with E-state index in [1.807, 2.05) is 0 Å². The largest absolute Gasteiger partial charge is 0.496 e. The van der Waals surface area contributed by atoms with Gasteiger partial charge in [-0.3, -0.25) is 9.59 Å². The molecular formula is C26H34N4O8. The van der Waals surface area contributed by atoms with Crippen LogP contribution in [0.25, 0.3) is 0 Å². The topological polar surface area (TPSA) is 138 Å². The summed E-state index contributed by atoms with van der Waals surface area (Å²) in [6, 6.07) is 6.72. The van der Waals surface area contributed by atoms with Crippen LogP contribution in [0.3, 0.4) is 0 Å². The molecule has 0 unspecified atom stereocenters. The summed E-state index contributed by atoms with van der Waals surface area (Å²) in [6.45, 7) is 0. The van der Waals surface area contributed by atoms with Crippen LogP contribution in [0.15, 0.2) is 34.5 Å². The van der Waals surface area contributed by atoms with Gasteiger partial charge in [0, 0.05) is 36.1 Å². The first-order valence-corrected chi connectivity index (χ1v) is 11.6. The van der Waals surface area contributed by atoms with E-state index in [1.54, 1.807) is 24.3 Å². The molecule has 0 aliphatic carbocycles. The van der Waals surface area contributed by atoms with Crippen LogP contribution < -0.4 is 39.3 Å². The zero-order valence-electron chi connectivity index (χ0n) is 22.5. The summed E-state index contributed by atoms with van der Waals surface area (Å²) in [5, 5.41) is 7.95. The summed E-state index contributed by atoms with van der Waals surface area (Å²) >= 11 is 0. The van der Waals surface area contributed by atoms with E-state index in [2.05, 4.69) is 21.1 Å². The first-order chi connectivity index (χ1) is 18.4. The predicted octanol–water partition coefficient (Wildman–Crippen LogP) is 2.90. The van der Waals surface area contributed by atoms with E-state index < -0.39 is 0 Å². The fourth-order valence-corrected chi connectivity index (χ4v) is 3.34. The number of nitrogens with one attached hydrogen (secondary N) is 2. The molecule has 2 aromatic carbocycles. The molecule has 12 nitrogen and oxygen atoms in total. The number of nitrogens with zero attached hydrogens (tertiary/aromatic N) is 2. The number of hydrazone groups is 2. The number of unbranched alkanes of at least 4 members (excludes halogenated alkanes) is 1. The maximum absolute atomic E-state index is 12.1. The van der Waals surface area contributed by atoms with Crippen LogP contribution in [0.4, 0.5) is 0 Å². The second-order valence-electron chi connectivity index (χ2n) is 7.69. The van der Waals surface area contributed by atoms with Gasteiger partial charge in [0.2, 0.25) is 11.8 Å². The molecule has 2 rings (SSSR count). The van der Waals surface area contributed by atoms with Gasteiger partial charge < -0.3 is 28.4 Å². The van der Waals surface area contributed by atoms with Crippen molar-refractivity contribution in [3.05, 3.63) is 35.4 Å². The molecule has 0 spiro atoms. The Labute approximate surface area is 221 Å². The van der Waals surface area contributed by atoms with Crippen LogP contribution in [0.1, 0.15) is 36.8 Å². The minimum Gasteiger partial charge on any atom is -0.496 e. The fraction of sp³-hybridized carbons (Fsp3) is 0.385. The van der Waals surface area contributed by atoms with Crippen molar-refractivity contribution in [2.24, 2.45) is 10.2 Å². The molecule has 0 saturated carbocycles. The Morgan fingerprint density at radius 1 is 0.579 bits per heavy atom. The lowest BCUT2D eigenvalue weighted by molar-refractivity contribution is -0.123. The maximum atomic E-state index is 12.1. The molecule has 0 saturated heterocycles. The van der Waals surface area contributed by atoms with E-state index in [0.717, 1.165) is 0 Å². The Bertz CT molecular complexity index is 1060. The first-order valence-electron chi connectivity index (χ1n) is 11.6. The molecule has 38 heavy (non-hydrogen) atoms. The summed E-state index contributed by atoms with van der Waals surface area (Å²) in [5.41, 5.74) is 6.14. The van der Waals surface area contributed by atoms with Crippen LogP contribution in [0.2, 0.25) is 0 Å². The zero-order valence-corrected chi connectivity index (χ0v) is 22.5. The Morgan fingerprint density at radius 3 is 1.21 bits per heavy atom. The second kappa shape index (κ2) is 15.6. The SMILES string of the molecule is COc1cc(OC)c(OC)cc1C=NNC(=O)CCCCC(=O)NN=Cc1cc(OC)c(OC)cc1OC. The van der Waals surface area contributed by atoms with Gasteiger partial charge in [-0.1, -0.05) is 0 Å². The fourth-order valence-electron chi connectivity index (χ4n) is 3.34. The molecule has 2 amide bonds. The van der Waals surface area contributed by atoms with Crippen LogP contribution in [0, 0.1) is 0 Å². The van der Waals surface area contributed by atoms with Crippen LogP contribution in [-0.4, -0.2) is 66.9 Å². The number of methoxy groups -OCH3 is 6. The molecule has 206 valence electrons. The Kier molecular flexibility index (Phi) is 12.2. The summed E-state index contributed by atoms with van der Waals surface area (Å²) in [5.74, 6) is 2.51. The number of hydrogen-bond acceptors (Lipinski definition) is 10. The number of benzene rings is 2. The van der Waals surface area contributed by atoms with Crippen LogP contribution in [-0.2, 0) is 9.59 Å². The highest BCUT2D eigenvalue weighted by Gasteiger charge is 2.12. The minimum absolute atomic E-state index is 0.208. The lowest BCUT2D eigenvalue weighted by Crippen LogP contribution is -2.19. The highest BCUT2D eigenvalue weighted by Crippen LogP contribution is 2.34. The molecule has 0 aliphatic heterocycles.